The lowest BCUT2D eigenvalue weighted by atomic mass is 9.99. The topological polar surface area (TPSA) is 17.1 Å². The van der Waals surface area contributed by atoms with E-state index >= 15 is 0 Å². The van der Waals surface area contributed by atoms with Gasteiger partial charge in [0, 0.05) is 23.0 Å². The molecule has 2 heteroatoms. The molecule has 0 unspecified atom stereocenters. The Bertz CT molecular complexity index is 329. The van der Waals surface area contributed by atoms with Gasteiger partial charge in [0.25, 0.3) is 0 Å². The highest BCUT2D eigenvalue weighted by Gasteiger charge is 2.20. The first-order valence-electron chi connectivity index (χ1n) is 4.46. The molecule has 0 radical (unpaired) electrons. The van der Waals surface area contributed by atoms with Crippen molar-refractivity contribution in [3.05, 3.63) is 35.4 Å². The number of rotatable bonds is 2. The molecule has 1 nitrogen and oxygen atoms in total. The lowest BCUT2D eigenvalue weighted by Gasteiger charge is -2.25. The second-order valence-electron chi connectivity index (χ2n) is 3.42. The summed E-state index contributed by atoms with van der Waals surface area (Å²) < 4.78 is 0. The Hall–Kier alpha value is -0.760. The maximum absolute atomic E-state index is 11.1. The Morgan fingerprint density at radius 3 is 2.77 bits per heavy atom. The van der Waals surface area contributed by atoms with E-state index in [9.17, 15) is 4.79 Å². The van der Waals surface area contributed by atoms with Crippen molar-refractivity contribution < 1.29 is 4.79 Å². The fourth-order valence-electron chi connectivity index (χ4n) is 1.44. The summed E-state index contributed by atoms with van der Waals surface area (Å²) in [6, 6.07) is 8.02. The van der Waals surface area contributed by atoms with Crippen LogP contribution in [0.3, 0.4) is 0 Å². The molecule has 0 aliphatic carbocycles. The van der Waals surface area contributed by atoms with Gasteiger partial charge in [-0.05, 0) is 18.6 Å². The molecular formula is C11H12OS. The Labute approximate surface area is 82.5 Å². The van der Waals surface area contributed by atoms with Gasteiger partial charge in [-0.2, -0.15) is 11.8 Å². The van der Waals surface area contributed by atoms with Gasteiger partial charge in [0.05, 0.1) is 0 Å². The highest BCUT2D eigenvalue weighted by molar-refractivity contribution is 8.00. The first-order chi connectivity index (χ1) is 6.27. The van der Waals surface area contributed by atoms with E-state index < -0.39 is 0 Å². The molecule has 2 rings (SSSR count). The van der Waals surface area contributed by atoms with Gasteiger partial charge in [0.2, 0.25) is 0 Å². The summed E-state index contributed by atoms with van der Waals surface area (Å²) >= 11 is 1.97. The molecule has 0 aromatic heterocycles. The van der Waals surface area contributed by atoms with E-state index in [2.05, 4.69) is 6.07 Å². The number of Topliss-reactive ketones (excluding diaryl/α,β-unsaturated/α-hetero) is 1. The monoisotopic (exact) mass is 192 g/mol. The van der Waals surface area contributed by atoms with Gasteiger partial charge in [-0.3, -0.25) is 4.79 Å². The van der Waals surface area contributed by atoms with Crippen LogP contribution in [0.15, 0.2) is 24.3 Å². The molecule has 0 N–H and O–H groups in total. The fourth-order valence-corrected chi connectivity index (χ4v) is 2.30. The molecule has 1 saturated heterocycles. The summed E-state index contributed by atoms with van der Waals surface area (Å²) in [5.74, 6) is 3.26. The predicted octanol–water partition coefficient (Wildman–Crippen LogP) is 2.72. The highest BCUT2D eigenvalue weighted by atomic mass is 32.2. The predicted molar refractivity (Wildman–Crippen MR) is 56.5 cm³/mol. The molecule has 13 heavy (non-hydrogen) atoms. The molecule has 0 atom stereocenters. The van der Waals surface area contributed by atoms with Crippen LogP contribution in [0, 0.1) is 0 Å². The molecule has 0 spiro atoms. The van der Waals surface area contributed by atoms with E-state index in [0.717, 1.165) is 5.56 Å². The third-order valence-electron chi connectivity index (χ3n) is 2.40. The first kappa shape index (κ1) is 8.82. The minimum Gasteiger partial charge on any atom is -0.295 e. The van der Waals surface area contributed by atoms with E-state index in [-0.39, 0.29) is 5.78 Å². The molecule has 0 amide bonds. The minimum atomic E-state index is 0.161. The number of benzene rings is 1. The zero-order valence-corrected chi connectivity index (χ0v) is 8.43. The number of carbonyl (C=O) groups is 1. The zero-order valence-electron chi connectivity index (χ0n) is 7.62. The van der Waals surface area contributed by atoms with Crippen molar-refractivity contribution in [3.63, 3.8) is 0 Å². The summed E-state index contributed by atoms with van der Waals surface area (Å²) in [6.07, 6.45) is 0. The van der Waals surface area contributed by atoms with Gasteiger partial charge >= 0.3 is 0 Å². The Balaban J connectivity index is 2.26. The van der Waals surface area contributed by atoms with Crippen molar-refractivity contribution in [2.75, 3.05) is 11.5 Å². The smallest absolute Gasteiger partial charge is 0.159 e. The summed E-state index contributed by atoms with van der Waals surface area (Å²) in [5, 5.41) is 0. The maximum atomic E-state index is 11.1. The van der Waals surface area contributed by atoms with E-state index in [4.69, 9.17) is 0 Å². The van der Waals surface area contributed by atoms with Gasteiger partial charge in [-0.15, -0.1) is 0 Å². The Morgan fingerprint density at radius 1 is 1.46 bits per heavy atom. The SMILES string of the molecule is CC(=O)c1cccc(C2CSC2)c1. The van der Waals surface area contributed by atoms with Crippen LogP contribution in [0.5, 0.6) is 0 Å². The lowest BCUT2D eigenvalue weighted by Crippen LogP contribution is -2.15. The van der Waals surface area contributed by atoms with Crippen LogP contribution < -0.4 is 0 Å². The van der Waals surface area contributed by atoms with Crippen LogP contribution in [0.1, 0.15) is 28.8 Å². The summed E-state index contributed by atoms with van der Waals surface area (Å²) in [7, 11) is 0. The van der Waals surface area contributed by atoms with Crippen LogP contribution in [0.25, 0.3) is 0 Å². The van der Waals surface area contributed by atoms with Crippen LogP contribution in [-0.2, 0) is 0 Å². The van der Waals surface area contributed by atoms with Crippen molar-refractivity contribution in [2.24, 2.45) is 0 Å². The van der Waals surface area contributed by atoms with Crippen molar-refractivity contribution in [3.8, 4) is 0 Å². The van der Waals surface area contributed by atoms with Crippen molar-refractivity contribution in [2.45, 2.75) is 12.8 Å². The quantitative estimate of drug-likeness (QED) is 0.670. The van der Waals surface area contributed by atoms with Crippen LogP contribution in [0.4, 0.5) is 0 Å². The van der Waals surface area contributed by atoms with Crippen molar-refractivity contribution in [1.82, 2.24) is 0 Å². The molecular weight excluding hydrogens is 180 g/mol. The van der Waals surface area contributed by atoms with Crippen LogP contribution in [-0.4, -0.2) is 17.3 Å². The molecule has 1 aliphatic heterocycles. The molecule has 0 bridgehead atoms. The average molecular weight is 192 g/mol. The fraction of sp³-hybridized carbons (Fsp3) is 0.364. The molecule has 1 aromatic carbocycles. The summed E-state index contributed by atoms with van der Waals surface area (Å²) in [5.41, 5.74) is 2.17. The third kappa shape index (κ3) is 1.78. The van der Waals surface area contributed by atoms with Crippen molar-refractivity contribution >= 4 is 17.5 Å². The van der Waals surface area contributed by atoms with E-state index in [0.29, 0.717) is 5.92 Å². The number of carbonyl (C=O) groups excluding carboxylic acids is 1. The number of ketones is 1. The van der Waals surface area contributed by atoms with E-state index in [1.165, 1.54) is 17.1 Å². The molecule has 0 saturated carbocycles. The average Bonchev–Trinajstić information content (AvgIpc) is 2.01. The first-order valence-corrected chi connectivity index (χ1v) is 5.61. The van der Waals surface area contributed by atoms with Gasteiger partial charge in [0.15, 0.2) is 5.78 Å². The molecule has 68 valence electrons. The largest absolute Gasteiger partial charge is 0.295 e. The normalized spacial score (nSPS) is 16.7. The van der Waals surface area contributed by atoms with Gasteiger partial charge in [0.1, 0.15) is 0 Å². The minimum absolute atomic E-state index is 0.161. The Morgan fingerprint density at radius 2 is 2.23 bits per heavy atom. The van der Waals surface area contributed by atoms with Crippen LogP contribution in [0.2, 0.25) is 0 Å². The van der Waals surface area contributed by atoms with Gasteiger partial charge < -0.3 is 0 Å². The summed E-state index contributed by atoms with van der Waals surface area (Å²) in [6.45, 7) is 1.62. The van der Waals surface area contributed by atoms with Gasteiger partial charge in [-0.25, -0.2) is 0 Å². The second-order valence-corrected chi connectivity index (χ2v) is 4.49. The number of thioether (sulfide) groups is 1. The second kappa shape index (κ2) is 3.54. The van der Waals surface area contributed by atoms with E-state index in [1.807, 2.05) is 30.0 Å². The van der Waals surface area contributed by atoms with Gasteiger partial charge in [-0.1, -0.05) is 18.2 Å². The molecule has 1 heterocycles. The number of hydrogen-bond acceptors (Lipinski definition) is 2. The highest BCUT2D eigenvalue weighted by Crippen LogP contribution is 2.34. The molecule has 1 fully saturated rings. The lowest BCUT2D eigenvalue weighted by molar-refractivity contribution is 0.101. The third-order valence-corrected chi connectivity index (χ3v) is 3.68. The van der Waals surface area contributed by atoms with Crippen LogP contribution >= 0.6 is 11.8 Å². The van der Waals surface area contributed by atoms with Crippen molar-refractivity contribution in [1.29, 1.82) is 0 Å². The summed E-state index contributed by atoms with van der Waals surface area (Å²) in [4.78, 5) is 11.1. The maximum Gasteiger partial charge on any atom is 0.159 e. The standard InChI is InChI=1S/C11H12OS/c1-8(12)9-3-2-4-10(5-9)11-6-13-7-11/h2-5,11H,6-7H2,1H3. The Kier molecular flexibility index (Phi) is 2.40. The molecule has 1 aromatic rings. The van der Waals surface area contributed by atoms with E-state index in [1.54, 1.807) is 6.92 Å². The zero-order chi connectivity index (χ0) is 9.26. The number of hydrogen-bond donors (Lipinski definition) is 0. The molecule has 1 aliphatic rings.